The molecule has 0 unspecified atom stereocenters. The number of nitrogens with one attached hydrogen (secondary N) is 1. The van der Waals surface area contributed by atoms with E-state index in [-0.39, 0.29) is 6.09 Å². The van der Waals surface area contributed by atoms with Gasteiger partial charge in [-0.3, -0.25) is 0 Å². The minimum absolute atomic E-state index is 0.342. The second-order valence-corrected chi connectivity index (χ2v) is 11.0. The third-order valence-corrected chi connectivity index (χ3v) is 8.87. The van der Waals surface area contributed by atoms with Crippen LogP contribution in [0, 0.1) is 15.4 Å². The van der Waals surface area contributed by atoms with Gasteiger partial charge in [0.05, 0.1) is 15.2 Å². The van der Waals surface area contributed by atoms with Crippen LogP contribution in [0.25, 0.3) is 10.8 Å². The monoisotopic (exact) mass is 533 g/mol. The number of alkyl carbamates (subject to hydrolysis) is 1. The highest BCUT2D eigenvalue weighted by atomic mass is 127. The van der Waals surface area contributed by atoms with E-state index in [2.05, 4.69) is 58.2 Å². The number of carbonyl (C=O) groups excluding carboxylic acids is 1. The molecule has 0 bridgehead atoms. The van der Waals surface area contributed by atoms with Crippen molar-refractivity contribution in [2.24, 2.45) is 11.8 Å². The zero-order valence-electron chi connectivity index (χ0n) is 18.3. The quantitative estimate of drug-likeness (QED) is 0.435. The van der Waals surface area contributed by atoms with Gasteiger partial charge in [-0.05, 0) is 95.5 Å². The van der Waals surface area contributed by atoms with Crippen molar-refractivity contribution in [2.45, 2.75) is 76.4 Å². The third kappa shape index (κ3) is 4.39. The number of carbonyl (C=O) groups is 1. The molecule has 3 aliphatic rings. The lowest BCUT2D eigenvalue weighted by Crippen LogP contribution is -2.37. The number of ether oxygens (including phenoxy) is 2. The molecule has 1 saturated heterocycles. The molecule has 2 aromatic rings. The first-order valence-corrected chi connectivity index (χ1v) is 12.9. The average Bonchev–Trinajstić information content (AvgIpc) is 3.16. The van der Waals surface area contributed by atoms with Gasteiger partial charge in [-0.1, -0.05) is 50.3 Å². The summed E-state index contributed by atoms with van der Waals surface area (Å²) in [6.07, 6.45) is 12.3. The standard InChI is InChI=1S/C26H32INO3/c1-26(16-30-25(29)28-26)20-10-13-22-19(15-20)9-14-23(24(22)27)31-21-11-7-18(8-12-21)17-5-3-2-4-6-17/h9-10,13-15,17-18,21H,2-8,11-12,16H2,1H3,(H,28,29)/t18-,21+,26-/m0/s1. The minimum atomic E-state index is -0.469. The largest absolute Gasteiger partial charge is 0.489 e. The molecule has 0 spiro atoms. The first kappa shape index (κ1) is 21.4. The topological polar surface area (TPSA) is 47.6 Å². The lowest BCUT2D eigenvalue weighted by atomic mass is 9.73. The van der Waals surface area contributed by atoms with Gasteiger partial charge in [0.25, 0.3) is 0 Å². The van der Waals surface area contributed by atoms with Gasteiger partial charge in [0.1, 0.15) is 12.4 Å². The normalized spacial score (nSPS) is 29.5. The Morgan fingerprint density at radius 3 is 2.45 bits per heavy atom. The lowest BCUT2D eigenvalue weighted by Gasteiger charge is -2.36. The Bertz CT molecular complexity index is 963. The molecular formula is C26H32INO3. The highest BCUT2D eigenvalue weighted by molar-refractivity contribution is 14.1. The molecule has 2 saturated carbocycles. The summed E-state index contributed by atoms with van der Waals surface area (Å²) >= 11 is 2.42. The predicted molar refractivity (Wildman–Crippen MR) is 131 cm³/mol. The van der Waals surface area contributed by atoms with Gasteiger partial charge in [0, 0.05) is 0 Å². The summed E-state index contributed by atoms with van der Waals surface area (Å²) in [7, 11) is 0. The van der Waals surface area contributed by atoms with Crippen LogP contribution in [-0.4, -0.2) is 18.8 Å². The maximum Gasteiger partial charge on any atom is 0.408 e. The Morgan fingerprint density at radius 2 is 1.74 bits per heavy atom. The first-order valence-electron chi connectivity index (χ1n) is 11.9. The molecule has 4 nitrogen and oxygen atoms in total. The van der Waals surface area contributed by atoms with Crippen molar-refractivity contribution in [1.29, 1.82) is 0 Å². The summed E-state index contributed by atoms with van der Waals surface area (Å²) in [6, 6.07) is 10.7. The van der Waals surface area contributed by atoms with Crippen LogP contribution in [0.4, 0.5) is 4.79 Å². The highest BCUT2D eigenvalue weighted by Crippen LogP contribution is 2.40. The molecule has 0 aromatic heterocycles. The molecule has 31 heavy (non-hydrogen) atoms. The van der Waals surface area contributed by atoms with Gasteiger partial charge in [-0.25, -0.2) is 4.79 Å². The Hall–Kier alpha value is -1.50. The van der Waals surface area contributed by atoms with Crippen LogP contribution in [0.15, 0.2) is 30.3 Å². The van der Waals surface area contributed by atoms with E-state index in [4.69, 9.17) is 9.47 Å². The van der Waals surface area contributed by atoms with Crippen molar-refractivity contribution < 1.29 is 14.3 Å². The molecular weight excluding hydrogens is 501 g/mol. The lowest BCUT2D eigenvalue weighted by molar-refractivity contribution is 0.0986. The molecule has 1 heterocycles. The summed E-state index contributed by atoms with van der Waals surface area (Å²) in [5.41, 5.74) is 0.597. The van der Waals surface area contributed by atoms with Gasteiger partial charge in [-0.15, -0.1) is 0 Å². The fraction of sp³-hybridized carbons (Fsp3) is 0.577. The Labute approximate surface area is 198 Å². The molecule has 1 amide bonds. The maximum absolute atomic E-state index is 11.5. The zero-order valence-corrected chi connectivity index (χ0v) is 20.5. The molecule has 5 rings (SSSR count). The van der Waals surface area contributed by atoms with Crippen LogP contribution in [0.5, 0.6) is 5.75 Å². The summed E-state index contributed by atoms with van der Waals surface area (Å²) in [6.45, 7) is 2.37. The van der Waals surface area contributed by atoms with Gasteiger partial charge < -0.3 is 14.8 Å². The smallest absolute Gasteiger partial charge is 0.408 e. The molecule has 2 aromatic carbocycles. The molecule has 1 aliphatic heterocycles. The number of hydrogen-bond acceptors (Lipinski definition) is 3. The molecule has 0 radical (unpaired) electrons. The van der Waals surface area contributed by atoms with E-state index in [0.29, 0.717) is 12.7 Å². The van der Waals surface area contributed by atoms with E-state index < -0.39 is 5.54 Å². The van der Waals surface area contributed by atoms with Crippen molar-refractivity contribution in [3.05, 3.63) is 39.5 Å². The van der Waals surface area contributed by atoms with E-state index in [1.54, 1.807) is 0 Å². The second kappa shape index (κ2) is 8.80. The molecule has 166 valence electrons. The van der Waals surface area contributed by atoms with Crippen LogP contribution in [0.1, 0.15) is 70.3 Å². The Balaban J connectivity index is 1.27. The first-order chi connectivity index (χ1) is 15.0. The van der Waals surface area contributed by atoms with Gasteiger partial charge in [-0.2, -0.15) is 0 Å². The van der Waals surface area contributed by atoms with E-state index in [0.717, 1.165) is 28.5 Å². The zero-order chi connectivity index (χ0) is 21.4. The van der Waals surface area contributed by atoms with E-state index in [9.17, 15) is 4.79 Å². The van der Waals surface area contributed by atoms with E-state index in [1.165, 1.54) is 66.7 Å². The number of halogens is 1. The Kier molecular flexibility index (Phi) is 6.06. The summed E-state index contributed by atoms with van der Waals surface area (Å²) in [4.78, 5) is 11.5. The minimum Gasteiger partial charge on any atom is -0.489 e. The number of fused-ring (bicyclic) bond motifs is 1. The molecule has 3 fully saturated rings. The van der Waals surface area contributed by atoms with Crippen LogP contribution in [0.3, 0.4) is 0 Å². The number of rotatable bonds is 4. The highest BCUT2D eigenvalue weighted by Gasteiger charge is 2.36. The SMILES string of the molecule is C[C@@]1(c2ccc3c(I)c(O[C@H]4CC[C@@H](C5CCCCC5)CC4)ccc3c2)COC(=O)N1. The van der Waals surface area contributed by atoms with Gasteiger partial charge >= 0.3 is 6.09 Å². The van der Waals surface area contributed by atoms with Crippen LogP contribution >= 0.6 is 22.6 Å². The van der Waals surface area contributed by atoms with Gasteiger partial charge in [0.15, 0.2) is 0 Å². The fourth-order valence-corrected chi connectivity index (χ4v) is 6.63. The maximum atomic E-state index is 11.5. The Morgan fingerprint density at radius 1 is 1.00 bits per heavy atom. The van der Waals surface area contributed by atoms with E-state index >= 15 is 0 Å². The number of hydrogen-bond donors (Lipinski definition) is 1. The van der Waals surface area contributed by atoms with Crippen molar-refractivity contribution in [1.82, 2.24) is 5.32 Å². The van der Waals surface area contributed by atoms with Crippen LogP contribution < -0.4 is 10.1 Å². The van der Waals surface area contributed by atoms with Gasteiger partial charge in [0.2, 0.25) is 0 Å². The van der Waals surface area contributed by atoms with E-state index in [1.807, 2.05) is 6.92 Å². The fourth-order valence-electron chi connectivity index (χ4n) is 5.83. The van der Waals surface area contributed by atoms with Crippen molar-refractivity contribution in [3.63, 3.8) is 0 Å². The molecule has 5 heteroatoms. The summed E-state index contributed by atoms with van der Waals surface area (Å²) in [5, 5.41) is 5.30. The second-order valence-electron chi connectivity index (χ2n) is 9.90. The number of cyclic esters (lactones) is 1. The van der Waals surface area contributed by atoms with Crippen LogP contribution in [-0.2, 0) is 10.3 Å². The van der Waals surface area contributed by atoms with Crippen molar-refractivity contribution >= 4 is 39.5 Å². The summed E-state index contributed by atoms with van der Waals surface area (Å²) < 4.78 is 12.8. The van der Waals surface area contributed by atoms with Crippen molar-refractivity contribution in [2.75, 3.05) is 6.61 Å². The molecule has 1 N–H and O–H groups in total. The third-order valence-electron chi connectivity index (χ3n) is 7.75. The molecule has 2 aliphatic carbocycles. The average molecular weight is 533 g/mol. The van der Waals surface area contributed by atoms with Crippen LogP contribution in [0.2, 0.25) is 0 Å². The summed E-state index contributed by atoms with van der Waals surface area (Å²) in [5.74, 6) is 2.91. The predicted octanol–water partition coefficient (Wildman–Crippen LogP) is 6.92. The number of amides is 1. The number of benzene rings is 2. The molecule has 1 atom stereocenters. The van der Waals surface area contributed by atoms with Crippen molar-refractivity contribution in [3.8, 4) is 5.75 Å².